The van der Waals surface area contributed by atoms with Crippen LogP contribution in [-0.2, 0) is 0 Å². The number of nitrogens with two attached hydrogens (primary N) is 2. The van der Waals surface area contributed by atoms with Gasteiger partial charge in [-0.15, -0.1) is 20.5 Å². The van der Waals surface area contributed by atoms with Gasteiger partial charge < -0.3 is 11.5 Å². The quantitative estimate of drug-likeness (QED) is 0.277. The normalized spacial score (nSPS) is 11.8. The van der Waals surface area contributed by atoms with Gasteiger partial charge in [-0.2, -0.15) is 38.3 Å². The van der Waals surface area contributed by atoms with Crippen LogP contribution in [0.3, 0.4) is 0 Å². The number of H-pyrrole nitrogens is 1. The second-order valence-corrected chi connectivity index (χ2v) is 8.10. The minimum Gasteiger partial charge on any atom is -0.382 e. The predicted octanol–water partition coefficient (Wildman–Crippen LogP) is 1.85. The molecule has 0 aliphatic carbocycles. The molecule has 0 aliphatic heterocycles. The number of aryl methyl sites for hydroxylation is 2. The molecule has 0 amide bonds. The van der Waals surface area contributed by atoms with Gasteiger partial charge >= 0.3 is 5.69 Å². The number of hydrogen-bond donors (Lipinski definition) is 3. The lowest BCUT2D eigenvalue weighted by Crippen LogP contribution is -2.22. The van der Waals surface area contributed by atoms with Crippen molar-refractivity contribution in [3.8, 4) is 11.9 Å². The highest BCUT2D eigenvalue weighted by molar-refractivity contribution is 7.09. The summed E-state index contributed by atoms with van der Waals surface area (Å²) < 4.78 is 10.1. The molecule has 0 atom stereocenters. The van der Waals surface area contributed by atoms with E-state index >= 15 is 0 Å². The minimum absolute atomic E-state index is 0.0393. The number of nitrogen functional groups attached to an aromatic ring is 2. The van der Waals surface area contributed by atoms with E-state index in [2.05, 4.69) is 64.3 Å². The SMILES string of the molecule is Cc1nn(-c2nc(-n3nc(C)c(N=Nc4ncns4)c3N)[nH]c(=O)n2)c(N)c1N=Nc1ncns1. The van der Waals surface area contributed by atoms with E-state index in [9.17, 15) is 4.79 Å². The first-order valence-corrected chi connectivity index (χ1v) is 11.0. The molecule has 0 saturated carbocycles. The summed E-state index contributed by atoms with van der Waals surface area (Å²) in [5.41, 5.74) is 13.1. The molecule has 5 N–H and O–H groups in total. The molecule has 176 valence electrons. The van der Waals surface area contributed by atoms with Crippen LogP contribution in [-0.4, -0.2) is 53.2 Å². The molecule has 5 aromatic rings. The van der Waals surface area contributed by atoms with Crippen molar-refractivity contribution in [1.29, 1.82) is 0 Å². The van der Waals surface area contributed by atoms with Crippen molar-refractivity contribution in [2.45, 2.75) is 13.8 Å². The van der Waals surface area contributed by atoms with Gasteiger partial charge in [0.2, 0.25) is 16.2 Å². The molecule has 0 aromatic carbocycles. The Hall–Kier alpha value is -4.85. The summed E-state index contributed by atoms with van der Waals surface area (Å²) in [7, 11) is 0. The van der Waals surface area contributed by atoms with E-state index < -0.39 is 5.69 Å². The molecule has 35 heavy (non-hydrogen) atoms. The molecule has 5 heterocycles. The summed E-state index contributed by atoms with van der Waals surface area (Å²) in [6.45, 7) is 3.34. The Bertz CT molecular complexity index is 1490. The second-order valence-electron chi connectivity index (χ2n) is 6.59. The summed E-state index contributed by atoms with van der Waals surface area (Å²) in [5, 5.41) is 25.4. The van der Waals surface area contributed by atoms with Crippen LogP contribution in [0.15, 0.2) is 37.9 Å². The zero-order valence-electron chi connectivity index (χ0n) is 17.8. The maximum absolute atomic E-state index is 12.3. The van der Waals surface area contributed by atoms with Crippen LogP contribution in [0.2, 0.25) is 0 Å². The average Bonchev–Trinajstić information content (AvgIpc) is 3.62. The average molecular weight is 512 g/mol. The number of nitrogens with zero attached hydrogens (tertiary/aromatic N) is 14. The summed E-state index contributed by atoms with van der Waals surface area (Å²) in [6.07, 6.45) is 2.72. The fourth-order valence-electron chi connectivity index (χ4n) is 2.80. The maximum atomic E-state index is 12.3. The monoisotopic (exact) mass is 511 g/mol. The lowest BCUT2D eigenvalue weighted by Gasteiger charge is -2.05. The van der Waals surface area contributed by atoms with Crippen molar-refractivity contribution in [2.75, 3.05) is 11.5 Å². The van der Waals surface area contributed by atoms with Gasteiger partial charge in [0.25, 0.3) is 5.95 Å². The van der Waals surface area contributed by atoms with Crippen LogP contribution < -0.4 is 17.2 Å². The highest BCUT2D eigenvalue weighted by Gasteiger charge is 2.20. The Morgan fingerprint density at radius 3 is 1.91 bits per heavy atom. The largest absolute Gasteiger partial charge is 0.382 e. The Morgan fingerprint density at radius 2 is 1.37 bits per heavy atom. The number of azo groups is 2. The Labute approximate surface area is 201 Å². The van der Waals surface area contributed by atoms with Gasteiger partial charge in [0, 0.05) is 23.1 Å². The molecule has 5 aromatic heterocycles. The fraction of sp³-hybridized carbons (Fsp3) is 0.133. The van der Waals surface area contributed by atoms with Crippen LogP contribution in [0, 0.1) is 13.8 Å². The summed E-state index contributed by atoms with van der Waals surface area (Å²) in [6, 6.07) is 0. The first-order valence-electron chi connectivity index (χ1n) is 9.47. The van der Waals surface area contributed by atoms with E-state index in [1.165, 1.54) is 17.3 Å². The van der Waals surface area contributed by atoms with Crippen LogP contribution >= 0.6 is 23.1 Å². The van der Waals surface area contributed by atoms with Gasteiger partial charge in [0.1, 0.15) is 12.7 Å². The van der Waals surface area contributed by atoms with Gasteiger partial charge in [-0.25, -0.2) is 14.8 Å². The van der Waals surface area contributed by atoms with Gasteiger partial charge in [0.05, 0.1) is 11.4 Å². The highest BCUT2D eigenvalue weighted by Crippen LogP contribution is 2.31. The van der Waals surface area contributed by atoms with Crippen molar-refractivity contribution in [1.82, 2.24) is 53.2 Å². The topological polar surface area (TPSA) is 247 Å². The smallest absolute Gasteiger partial charge is 0.351 e. The molecule has 0 radical (unpaired) electrons. The van der Waals surface area contributed by atoms with Gasteiger partial charge in [-0.05, 0) is 13.8 Å². The van der Waals surface area contributed by atoms with Gasteiger partial charge in [0.15, 0.2) is 23.0 Å². The van der Waals surface area contributed by atoms with E-state index in [1.807, 2.05) is 0 Å². The third-order valence-corrected chi connectivity index (χ3v) is 5.41. The van der Waals surface area contributed by atoms with Crippen LogP contribution in [0.5, 0.6) is 0 Å². The Balaban J connectivity index is 1.53. The standard InChI is InChI=1S/C15H13N17OS2/c1-5-7(25-27-14-18-3-20-34-14)9(16)31(29-5)11-22-12(24-13(33)23-11)32-10(17)8(6(2)30-32)26-28-15-19-4-21-35-15/h3-4H,16-17H2,1-2H3,(H,22,23,24,33). The highest BCUT2D eigenvalue weighted by atomic mass is 32.1. The minimum atomic E-state index is -0.737. The Kier molecular flexibility index (Phi) is 5.54. The first kappa shape index (κ1) is 22.0. The zero-order valence-corrected chi connectivity index (χ0v) is 19.4. The van der Waals surface area contributed by atoms with Crippen molar-refractivity contribution in [3.63, 3.8) is 0 Å². The summed E-state index contributed by atoms with van der Waals surface area (Å²) in [4.78, 5) is 30.8. The third-order valence-electron chi connectivity index (χ3n) is 4.31. The molecule has 0 fully saturated rings. The first-order chi connectivity index (χ1) is 16.9. The van der Waals surface area contributed by atoms with Crippen molar-refractivity contribution < 1.29 is 0 Å². The van der Waals surface area contributed by atoms with E-state index in [1.54, 1.807) is 13.8 Å². The number of aromatic amines is 1. The lowest BCUT2D eigenvalue weighted by atomic mass is 10.4. The van der Waals surface area contributed by atoms with E-state index in [0.717, 1.165) is 27.7 Å². The molecular formula is C15H13N17OS2. The number of rotatable bonds is 6. The van der Waals surface area contributed by atoms with Crippen molar-refractivity contribution in [2.24, 2.45) is 20.5 Å². The van der Waals surface area contributed by atoms with Crippen LogP contribution in [0.4, 0.5) is 33.3 Å². The lowest BCUT2D eigenvalue weighted by molar-refractivity contribution is 0.732. The number of anilines is 2. The molecular weight excluding hydrogens is 498 g/mol. The molecule has 0 saturated heterocycles. The van der Waals surface area contributed by atoms with E-state index in [4.69, 9.17) is 11.5 Å². The predicted molar refractivity (Wildman–Crippen MR) is 123 cm³/mol. The van der Waals surface area contributed by atoms with Crippen molar-refractivity contribution in [3.05, 3.63) is 34.5 Å². The second kappa shape index (κ2) is 8.83. The zero-order chi connectivity index (χ0) is 24.5. The molecule has 0 spiro atoms. The molecule has 20 heteroatoms. The third kappa shape index (κ3) is 4.24. The molecule has 0 bridgehead atoms. The molecule has 18 nitrogen and oxygen atoms in total. The number of nitrogens with one attached hydrogen (secondary N) is 1. The van der Waals surface area contributed by atoms with E-state index in [0.29, 0.717) is 21.7 Å². The number of hydrogen-bond acceptors (Lipinski definition) is 17. The summed E-state index contributed by atoms with van der Waals surface area (Å²) in [5.74, 6) is -0.0374. The van der Waals surface area contributed by atoms with Crippen molar-refractivity contribution >= 4 is 56.3 Å². The fourth-order valence-corrected chi connectivity index (χ4v) is 3.52. The van der Waals surface area contributed by atoms with Gasteiger partial charge in [-0.1, -0.05) is 0 Å². The van der Waals surface area contributed by atoms with Gasteiger partial charge in [-0.3, -0.25) is 4.98 Å². The van der Waals surface area contributed by atoms with Crippen LogP contribution in [0.1, 0.15) is 11.4 Å². The molecule has 5 rings (SSSR count). The summed E-state index contributed by atoms with van der Waals surface area (Å²) >= 11 is 2.13. The molecule has 0 aliphatic rings. The molecule has 0 unspecified atom stereocenters. The van der Waals surface area contributed by atoms with E-state index in [-0.39, 0.29) is 34.9 Å². The Morgan fingerprint density at radius 1 is 0.829 bits per heavy atom. The van der Waals surface area contributed by atoms with Crippen LogP contribution in [0.25, 0.3) is 11.9 Å². The number of aromatic nitrogens is 11. The maximum Gasteiger partial charge on any atom is 0.351 e.